The highest BCUT2D eigenvalue weighted by molar-refractivity contribution is 5.87. The lowest BCUT2D eigenvalue weighted by molar-refractivity contribution is -0.137. The number of hydrogen-bond acceptors (Lipinski definition) is 1. The quantitative estimate of drug-likeness (QED) is 0.540. The Kier molecular flexibility index (Phi) is 1.71. The third-order valence-electron chi connectivity index (χ3n) is 3.20. The fourth-order valence-electron chi connectivity index (χ4n) is 2.49. The first-order valence-corrected chi connectivity index (χ1v) is 4.67. The Balaban J connectivity index is 1.90. The van der Waals surface area contributed by atoms with Crippen LogP contribution in [0.3, 0.4) is 0 Å². The second-order valence-electron chi connectivity index (χ2n) is 4.11. The van der Waals surface area contributed by atoms with E-state index in [0.29, 0.717) is 5.41 Å². The molecule has 0 atom stereocenters. The molecule has 2 nitrogen and oxygen atoms in total. The highest BCUT2D eigenvalue weighted by Crippen LogP contribution is 2.45. The maximum Gasteiger partial charge on any atom is 0.245 e. The van der Waals surface area contributed by atoms with Gasteiger partial charge in [-0.05, 0) is 18.9 Å². The van der Waals surface area contributed by atoms with Crippen molar-refractivity contribution in [1.82, 2.24) is 4.90 Å². The minimum absolute atomic E-state index is 0.104. The molecule has 1 spiro atoms. The highest BCUT2D eigenvalue weighted by atomic mass is 16.2. The van der Waals surface area contributed by atoms with Crippen molar-refractivity contribution in [2.45, 2.75) is 25.7 Å². The number of carbonyl (C=O) groups excluding carboxylic acids is 1. The molecule has 1 saturated heterocycles. The molecule has 0 aromatic heterocycles. The van der Waals surface area contributed by atoms with E-state index >= 15 is 0 Å². The first-order chi connectivity index (χ1) is 5.76. The van der Waals surface area contributed by atoms with Gasteiger partial charge in [0.1, 0.15) is 0 Å². The molecule has 0 aromatic carbocycles. The fourth-order valence-corrected chi connectivity index (χ4v) is 2.49. The van der Waals surface area contributed by atoms with Gasteiger partial charge in [-0.3, -0.25) is 4.79 Å². The highest BCUT2D eigenvalue weighted by Gasteiger charge is 2.45. The summed E-state index contributed by atoms with van der Waals surface area (Å²) in [6, 6.07) is 0. The van der Waals surface area contributed by atoms with E-state index in [1.54, 1.807) is 0 Å². The second-order valence-corrected chi connectivity index (χ2v) is 4.11. The van der Waals surface area contributed by atoms with Gasteiger partial charge in [0.25, 0.3) is 0 Å². The largest absolute Gasteiger partial charge is 0.338 e. The molecule has 66 valence electrons. The molecular weight excluding hydrogens is 150 g/mol. The molecule has 1 heterocycles. The van der Waals surface area contributed by atoms with Crippen molar-refractivity contribution in [3.63, 3.8) is 0 Å². The van der Waals surface area contributed by atoms with Crippen LogP contribution in [0.5, 0.6) is 0 Å². The Labute approximate surface area is 73.2 Å². The van der Waals surface area contributed by atoms with Gasteiger partial charge in [-0.15, -0.1) is 0 Å². The molecule has 2 aliphatic rings. The van der Waals surface area contributed by atoms with Gasteiger partial charge in [0.2, 0.25) is 5.91 Å². The van der Waals surface area contributed by atoms with Crippen LogP contribution in [0, 0.1) is 5.41 Å². The van der Waals surface area contributed by atoms with E-state index in [2.05, 4.69) is 6.58 Å². The van der Waals surface area contributed by atoms with Crippen molar-refractivity contribution in [2.75, 3.05) is 13.1 Å². The van der Waals surface area contributed by atoms with E-state index in [-0.39, 0.29) is 5.91 Å². The molecule has 1 saturated carbocycles. The Hall–Kier alpha value is -0.790. The average Bonchev–Trinajstić information content (AvgIpc) is 2.48. The van der Waals surface area contributed by atoms with Crippen molar-refractivity contribution in [2.24, 2.45) is 5.41 Å². The van der Waals surface area contributed by atoms with Crippen LogP contribution in [-0.4, -0.2) is 23.9 Å². The molecule has 0 radical (unpaired) electrons. The summed E-state index contributed by atoms with van der Waals surface area (Å²) in [7, 11) is 0. The van der Waals surface area contributed by atoms with E-state index in [1.807, 2.05) is 4.90 Å². The summed E-state index contributed by atoms with van der Waals surface area (Å²) < 4.78 is 0. The van der Waals surface area contributed by atoms with E-state index in [0.717, 1.165) is 13.1 Å². The van der Waals surface area contributed by atoms with Crippen LogP contribution in [0.2, 0.25) is 0 Å². The molecule has 2 heteroatoms. The van der Waals surface area contributed by atoms with E-state index in [9.17, 15) is 4.79 Å². The lowest BCUT2D eigenvalue weighted by Crippen LogP contribution is -2.56. The first-order valence-electron chi connectivity index (χ1n) is 4.67. The van der Waals surface area contributed by atoms with Gasteiger partial charge in [-0.1, -0.05) is 19.4 Å². The molecule has 1 amide bonds. The van der Waals surface area contributed by atoms with Crippen LogP contribution in [0.15, 0.2) is 12.7 Å². The predicted molar refractivity (Wildman–Crippen MR) is 47.7 cm³/mol. The van der Waals surface area contributed by atoms with Crippen molar-refractivity contribution in [1.29, 1.82) is 0 Å². The number of amides is 1. The van der Waals surface area contributed by atoms with E-state index < -0.39 is 0 Å². The number of hydrogen-bond donors (Lipinski definition) is 0. The predicted octanol–water partition coefficient (Wildman–Crippen LogP) is 1.57. The Morgan fingerprint density at radius 2 is 1.92 bits per heavy atom. The fraction of sp³-hybridized carbons (Fsp3) is 0.700. The molecule has 2 fully saturated rings. The van der Waals surface area contributed by atoms with E-state index in [4.69, 9.17) is 0 Å². The molecule has 0 N–H and O–H groups in total. The molecule has 0 bridgehead atoms. The van der Waals surface area contributed by atoms with Crippen molar-refractivity contribution < 1.29 is 4.79 Å². The average molecular weight is 165 g/mol. The Bertz CT molecular complexity index is 208. The standard InChI is InChI=1S/C10H15NO/c1-2-9(12)11-7-10(8-11)5-3-4-6-10/h2H,1,3-8H2. The van der Waals surface area contributed by atoms with Gasteiger partial charge in [-0.25, -0.2) is 0 Å². The van der Waals surface area contributed by atoms with Gasteiger partial charge in [0, 0.05) is 18.5 Å². The van der Waals surface area contributed by atoms with Crippen molar-refractivity contribution in [3.05, 3.63) is 12.7 Å². The van der Waals surface area contributed by atoms with Crippen molar-refractivity contribution >= 4 is 5.91 Å². The molecule has 1 aliphatic carbocycles. The first kappa shape index (κ1) is 7.84. The molecule has 0 aromatic rings. The smallest absolute Gasteiger partial charge is 0.245 e. The van der Waals surface area contributed by atoms with Crippen molar-refractivity contribution in [3.8, 4) is 0 Å². The Morgan fingerprint density at radius 1 is 1.33 bits per heavy atom. The normalized spacial score (nSPS) is 25.5. The van der Waals surface area contributed by atoms with Gasteiger partial charge in [-0.2, -0.15) is 0 Å². The molecular formula is C10H15NO. The minimum atomic E-state index is 0.104. The number of carbonyl (C=O) groups is 1. The molecule has 1 aliphatic heterocycles. The minimum Gasteiger partial charge on any atom is -0.338 e. The van der Waals surface area contributed by atoms with E-state index in [1.165, 1.54) is 31.8 Å². The molecule has 0 unspecified atom stereocenters. The van der Waals surface area contributed by atoms with Gasteiger partial charge in [0.05, 0.1) is 0 Å². The number of rotatable bonds is 1. The third kappa shape index (κ3) is 1.06. The summed E-state index contributed by atoms with van der Waals surface area (Å²) in [6.45, 7) is 5.46. The van der Waals surface area contributed by atoms with Crippen LogP contribution in [0.1, 0.15) is 25.7 Å². The Morgan fingerprint density at radius 3 is 2.42 bits per heavy atom. The summed E-state index contributed by atoms with van der Waals surface area (Å²) >= 11 is 0. The summed E-state index contributed by atoms with van der Waals surface area (Å²) in [6.07, 6.45) is 6.79. The van der Waals surface area contributed by atoms with Crippen LogP contribution in [0.4, 0.5) is 0 Å². The van der Waals surface area contributed by atoms with Crippen LogP contribution in [0.25, 0.3) is 0 Å². The lowest BCUT2D eigenvalue weighted by Gasteiger charge is -2.47. The second kappa shape index (κ2) is 2.61. The summed E-state index contributed by atoms with van der Waals surface area (Å²) in [5.74, 6) is 0.104. The summed E-state index contributed by atoms with van der Waals surface area (Å²) in [5, 5.41) is 0. The van der Waals surface area contributed by atoms with Crippen LogP contribution in [-0.2, 0) is 4.79 Å². The molecule has 2 rings (SSSR count). The number of likely N-dealkylation sites (tertiary alicyclic amines) is 1. The topological polar surface area (TPSA) is 20.3 Å². The maximum absolute atomic E-state index is 11.1. The van der Waals surface area contributed by atoms with Gasteiger partial charge in [0.15, 0.2) is 0 Å². The van der Waals surface area contributed by atoms with Gasteiger partial charge >= 0.3 is 0 Å². The zero-order valence-corrected chi connectivity index (χ0v) is 7.38. The lowest BCUT2D eigenvalue weighted by atomic mass is 9.78. The summed E-state index contributed by atoms with van der Waals surface area (Å²) in [5.41, 5.74) is 0.526. The van der Waals surface area contributed by atoms with Crippen LogP contribution >= 0.6 is 0 Å². The zero-order chi connectivity index (χ0) is 8.60. The number of nitrogens with zero attached hydrogens (tertiary/aromatic N) is 1. The van der Waals surface area contributed by atoms with Crippen LogP contribution < -0.4 is 0 Å². The maximum atomic E-state index is 11.1. The third-order valence-corrected chi connectivity index (χ3v) is 3.20. The zero-order valence-electron chi connectivity index (χ0n) is 7.38. The molecule has 12 heavy (non-hydrogen) atoms. The summed E-state index contributed by atoms with van der Waals surface area (Å²) in [4.78, 5) is 13.0. The SMILES string of the molecule is C=CC(=O)N1CC2(CCCC2)C1. The monoisotopic (exact) mass is 165 g/mol. The van der Waals surface area contributed by atoms with Gasteiger partial charge < -0.3 is 4.90 Å².